The average molecular weight is 127 g/mol. The lowest BCUT2D eigenvalue weighted by Crippen LogP contribution is -2.30. The number of rotatable bonds is 2. The number of nitriles is 1. The Bertz CT molecular complexity index is 136. The molecule has 4 nitrogen and oxygen atoms in total. The molecule has 0 radical (unpaired) electrons. The van der Waals surface area contributed by atoms with Gasteiger partial charge in [-0.1, -0.05) is 0 Å². The van der Waals surface area contributed by atoms with Gasteiger partial charge in [0.2, 0.25) is 5.91 Å². The van der Waals surface area contributed by atoms with Gasteiger partial charge in [0, 0.05) is 0 Å². The Kier molecular flexibility index (Phi) is 3.40. The van der Waals surface area contributed by atoms with Crippen LogP contribution in [0.15, 0.2) is 0 Å². The Morgan fingerprint density at radius 2 is 2.33 bits per heavy atom. The summed E-state index contributed by atoms with van der Waals surface area (Å²) in [5.74, 6) is -0.275. The van der Waals surface area contributed by atoms with Crippen molar-refractivity contribution in [2.75, 3.05) is 20.6 Å². The molecule has 4 heteroatoms. The molecule has 0 saturated heterocycles. The van der Waals surface area contributed by atoms with Gasteiger partial charge >= 0.3 is 0 Å². The molecular weight excluding hydrogens is 118 g/mol. The number of likely N-dealkylation sites (N-methyl/N-ethyl adjacent to an activating group) is 1. The number of amides is 1. The lowest BCUT2D eigenvalue weighted by Gasteiger charge is -2.04. The predicted octanol–water partition coefficient (Wildman–Crippen LogP) is -0.855. The van der Waals surface area contributed by atoms with Crippen LogP contribution in [0.2, 0.25) is 0 Å². The van der Waals surface area contributed by atoms with Crippen LogP contribution in [0.5, 0.6) is 0 Å². The zero-order chi connectivity index (χ0) is 7.28. The second-order valence-corrected chi connectivity index (χ2v) is 1.90. The molecule has 0 aliphatic heterocycles. The highest BCUT2D eigenvalue weighted by Crippen LogP contribution is 1.71. The molecule has 0 atom stereocenters. The summed E-state index contributed by atoms with van der Waals surface area (Å²) in [5.41, 5.74) is 0. The number of hydrogen-bond donors (Lipinski definition) is 1. The number of nitrogens with one attached hydrogen (secondary N) is 1. The minimum atomic E-state index is -0.275. The van der Waals surface area contributed by atoms with Crippen LogP contribution in [0.4, 0.5) is 0 Å². The highest BCUT2D eigenvalue weighted by molar-refractivity contribution is 5.79. The monoisotopic (exact) mass is 127 g/mol. The third-order valence-corrected chi connectivity index (χ3v) is 0.655. The third-order valence-electron chi connectivity index (χ3n) is 0.655. The zero-order valence-electron chi connectivity index (χ0n) is 5.51. The molecule has 1 N–H and O–H groups in total. The van der Waals surface area contributed by atoms with Gasteiger partial charge in [0.25, 0.3) is 0 Å². The van der Waals surface area contributed by atoms with Crippen molar-refractivity contribution in [3.8, 4) is 6.19 Å². The maximum Gasteiger partial charge on any atom is 0.247 e. The van der Waals surface area contributed by atoms with E-state index in [2.05, 4.69) is 0 Å². The number of carbonyl (C=O) groups is 1. The first kappa shape index (κ1) is 7.92. The molecule has 0 bridgehead atoms. The molecule has 9 heavy (non-hydrogen) atoms. The fourth-order valence-electron chi connectivity index (χ4n) is 0.389. The van der Waals surface area contributed by atoms with Crippen LogP contribution in [-0.2, 0) is 4.79 Å². The molecule has 0 rings (SSSR count). The lowest BCUT2D eigenvalue weighted by atomic mass is 10.5. The van der Waals surface area contributed by atoms with Crippen molar-refractivity contribution in [2.24, 2.45) is 0 Å². The number of nitrogens with zero attached hydrogens (tertiary/aromatic N) is 2. The summed E-state index contributed by atoms with van der Waals surface area (Å²) in [6, 6.07) is 0. The van der Waals surface area contributed by atoms with Crippen molar-refractivity contribution in [3.05, 3.63) is 0 Å². The van der Waals surface area contributed by atoms with Crippen molar-refractivity contribution in [2.45, 2.75) is 0 Å². The summed E-state index contributed by atoms with van der Waals surface area (Å²) in [6.45, 7) is 0.258. The molecule has 0 aromatic heterocycles. The second-order valence-electron chi connectivity index (χ2n) is 1.90. The standard InChI is InChI=1S/C5H9N3O/c1-8(2)3-5(9)7-4-6/h3H2,1-2H3,(H,7,9). The van der Waals surface area contributed by atoms with Crippen LogP contribution in [-0.4, -0.2) is 31.4 Å². The van der Waals surface area contributed by atoms with E-state index < -0.39 is 0 Å². The lowest BCUT2D eigenvalue weighted by molar-refractivity contribution is -0.120. The summed E-state index contributed by atoms with van der Waals surface area (Å²) < 4.78 is 0. The first-order valence-corrected chi connectivity index (χ1v) is 2.49. The SMILES string of the molecule is CN(C)CC(=O)NC#N. The van der Waals surface area contributed by atoms with E-state index in [0.717, 1.165) is 0 Å². The van der Waals surface area contributed by atoms with Crippen LogP contribution in [0.1, 0.15) is 0 Å². The molecule has 0 heterocycles. The zero-order valence-corrected chi connectivity index (χ0v) is 5.51. The minimum Gasteiger partial charge on any atom is -0.301 e. The van der Waals surface area contributed by atoms with E-state index in [-0.39, 0.29) is 12.5 Å². The fourth-order valence-corrected chi connectivity index (χ4v) is 0.389. The fraction of sp³-hybridized carbons (Fsp3) is 0.600. The maximum absolute atomic E-state index is 10.5. The van der Waals surface area contributed by atoms with Crippen molar-refractivity contribution >= 4 is 5.91 Å². The van der Waals surface area contributed by atoms with E-state index in [9.17, 15) is 4.79 Å². The first-order chi connectivity index (χ1) is 4.16. The summed E-state index contributed by atoms with van der Waals surface area (Å²) in [5, 5.41) is 9.95. The van der Waals surface area contributed by atoms with E-state index in [0.29, 0.717) is 0 Å². The van der Waals surface area contributed by atoms with E-state index >= 15 is 0 Å². The normalized spacial score (nSPS) is 8.67. The van der Waals surface area contributed by atoms with E-state index in [1.54, 1.807) is 25.2 Å². The molecular formula is C5H9N3O. The van der Waals surface area contributed by atoms with Gasteiger partial charge in [-0.15, -0.1) is 0 Å². The largest absolute Gasteiger partial charge is 0.301 e. The molecule has 0 aromatic rings. The quantitative estimate of drug-likeness (QED) is 0.388. The van der Waals surface area contributed by atoms with Gasteiger partial charge < -0.3 is 4.90 Å². The maximum atomic E-state index is 10.5. The van der Waals surface area contributed by atoms with Crippen LogP contribution in [0.3, 0.4) is 0 Å². The van der Waals surface area contributed by atoms with E-state index in [1.165, 1.54) is 0 Å². The minimum absolute atomic E-state index is 0.258. The van der Waals surface area contributed by atoms with Crippen molar-refractivity contribution in [1.29, 1.82) is 5.26 Å². The Labute approximate surface area is 54.1 Å². The van der Waals surface area contributed by atoms with Crippen LogP contribution >= 0.6 is 0 Å². The Morgan fingerprint density at radius 1 is 1.78 bits per heavy atom. The number of carbonyl (C=O) groups excluding carboxylic acids is 1. The molecule has 50 valence electrons. The smallest absolute Gasteiger partial charge is 0.247 e. The van der Waals surface area contributed by atoms with Crippen LogP contribution in [0.25, 0.3) is 0 Å². The molecule has 0 aliphatic carbocycles. The molecule has 1 amide bonds. The summed E-state index contributed by atoms with van der Waals surface area (Å²) in [7, 11) is 3.52. The second kappa shape index (κ2) is 3.87. The summed E-state index contributed by atoms with van der Waals surface area (Å²) in [4.78, 5) is 12.2. The predicted molar refractivity (Wildman–Crippen MR) is 32.3 cm³/mol. The van der Waals surface area contributed by atoms with Gasteiger partial charge in [0.05, 0.1) is 6.54 Å². The van der Waals surface area contributed by atoms with E-state index in [4.69, 9.17) is 5.26 Å². The van der Waals surface area contributed by atoms with Gasteiger partial charge in [0.15, 0.2) is 6.19 Å². The molecule has 0 unspecified atom stereocenters. The van der Waals surface area contributed by atoms with Crippen molar-refractivity contribution in [1.82, 2.24) is 10.2 Å². The van der Waals surface area contributed by atoms with Crippen molar-refractivity contribution in [3.63, 3.8) is 0 Å². The highest BCUT2D eigenvalue weighted by Gasteiger charge is 1.98. The topological polar surface area (TPSA) is 56.1 Å². The van der Waals surface area contributed by atoms with Crippen LogP contribution in [0, 0.1) is 11.5 Å². The van der Waals surface area contributed by atoms with Gasteiger partial charge in [-0.3, -0.25) is 10.1 Å². The molecule has 0 aromatic carbocycles. The molecule has 0 aliphatic rings. The van der Waals surface area contributed by atoms with E-state index in [1.807, 2.05) is 5.32 Å². The van der Waals surface area contributed by atoms with Crippen LogP contribution < -0.4 is 5.32 Å². The van der Waals surface area contributed by atoms with Gasteiger partial charge in [-0.2, -0.15) is 5.26 Å². The Balaban J connectivity index is 3.42. The Morgan fingerprint density at radius 3 is 2.67 bits per heavy atom. The molecule has 0 saturated carbocycles. The van der Waals surface area contributed by atoms with Gasteiger partial charge in [-0.25, -0.2) is 0 Å². The summed E-state index contributed by atoms with van der Waals surface area (Å²) >= 11 is 0. The molecule has 0 spiro atoms. The average Bonchev–Trinajstić information content (AvgIpc) is 1.63. The number of hydrogen-bond acceptors (Lipinski definition) is 3. The highest BCUT2D eigenvalue weighted by atomic mass is 16.1. The van der Waals surface area contributed by atoms with Crippen molar-refractivity contribution < 1.29 is 4.79 Å². The first-order valence-electron chi connectivity index (χ1n) is 2.49. The van der Waals surface area contributed by atoms with Gasteiger partial charge in [-0.05, 0) is 14.1 Å². The third kappa shape index (κ3) is 4.78. The van der Waals surface area contributed by atoms with Gasteiger partial charge in [0.1, 0.15) is 0 Å². The molecule has 0 fully saturated rings. The Hall–Kier alpha value is -1.08. The summed E-state index contributed by atoms with van der Waals surface area (Å²) in [6.07, 6.45) is 1.55.